The summed E-state index contributed by atoms with van der Waals surface area (Å²) < 4.78 is 0. The Balaban J connectivity index is 2.39. The second-order valence-corrected chi connectivity index (χ2v) is 5.27. The van der Waals surface area contributed by atoms with Gasteiger partial charge in [0.1, 0.15) is 0 Å². The summed E-state index contributed by atoms with van der Waals surface area (Å²) in [6.45, 7) is 5.86. The molecule has 0 saturated carbocycles. The number of carbonyl (C=O) groups is 2. The predicted octanol–water partition coefficient (Wildman–Crippen LogP) is 1.52. The molecule has 0 aliphatic heterocycles. The Morgan fingerprint density at radius 1 is 1.40 bits per heavy atom. The van der Waals surface area contributed by atoms with Gasteiger partial charge in [0.2, 0.25) is 0 Å². The van der Waals surface area contributed by atoms with E-state index in [1.165, 1.54) is 0 Å². The van der Waals surface area contributed by atoms with Gasteiger partial charge in [-0.25, -0.2) is 4.79 Å². The van der Waals surface area contributed by atoms with E-state index in [0.29, 0.717) is 6.42 Å². The van der Waals surface area contributed by atoms with Gasteiger partial charge in [-0.05, 0) is 19.3 Å². The summed E-state index contributed by atoms with van der Waals surface area (Å²) in [6, 6.07) is -0.573. The van der Waals surface area contributed by atoms with Crippen molar-refractivity contribution in [2.24, 2.45) is 11.8 Å². The Hall–Kier alpha value is -2.05. The molecule has 0 bridgehead atoms. The summed E-state index contributed by atoms with van der Waals surface area (Å²) in [4.78, 5) is 22.8. The van der Waals surface area contributed by atoms with Gasteiger partial charge in [-0.1, -0.05) is 13.8 Å². The average molecular weight is 282 g/mol. The summed E-state index contributed by atoms with van der Waals surface area (Å²) in [6.07, 6.45) is 3.86. The van der Waals surface area contributed by atoms with Crippen molar-refractivity contribution in [2.75, 3.05) is 6.54 Å². The van der Waals surface area contributed by atoms with E-state index in [2.05, 4.69) is 20.8 Å². The Labute approximate surface area is 118 Å². The van der Waals surface area contributed by atoms with Gasteiger partial charge in [-0.3, -0.25) is 9.89 Å². The quantitative estimate of drug-likeness (QED) is 0.608. The van der Waals surface area contributed by atoms with Crippen molar-refractivity contribution >= 4 is 12.0 Å². The van der Waals surface area contributed by atoms with Crippen LogP contribution in [0, 0.1) is 11.8 Å². The lowest BCUT2D eigenvalue weighted by molar-refractivity contribution is -0.142. The van der Waals surface area contributed by atoms with Crippen LogP contribution in [0.5, 0.6) is 0 Å². The maximum atomic E-state index is 11.7. The van der Waals surface area contributed by atoms with Crippen LogP contribution in [0.3, 0.4) is 0 Å². The zero-order chi connectivity index (χ0) is 15.1. The number of nitrogens with one attached hydrogen (secondary N) is 3. The van der Waals surface area contributed by atoms with Gasteiger partial charge in [-0.15, -0.1) is 0 Å². The molecule has 2 amide bonds. The molecule has 7 heteroatoms. The molecule has 0 aromatic carbocycles. The van der Waals surface area contributed by atoms with Gasteiger partial charge < -0.3 is 15.7 Å². The first-order chi connectivity index (χ1) is 9.40. The highest BCUT2D eigenvalue weighted by atomic mass is 16.4. The smallest absolute Gasteiger partial charge is 0.315 e. The number of hydrogen-bond donors (Lipinski definition) is 4. The van der Waals surface area contributed by atoms with Crippen molar-refractivity contribution in [2.45, 2.75) is 33.2 Å². The standard InChI is InChI=1S/C13H22N4O3/c1-8(2)4-10(12(18)19)5-14-13(20)17-9(3)11-6-15-16-7-11/h6-10H,4-5H2,1-3H3,(H,15,16)(H,18,19)(H2,14,17,20). The molecule has 0 fully saturated rings. The van der Waals surface area contributed by atoms with Crippen molar-refractivity contribution in [1.82, 2.24) is 20.8 Å². The molecule has 0 aliphatic rings. The van der Waals surface area contributed by atoms with Crippen molar-refractivity contribution in [1.29, 1.82) is 0 Å². The summed E-state index contributed by atoms with van der Waals surface area (Å²) in [5, 5.41) is 20.9. The first-order valence-corrected chi connectivity index (χ1v) is 6.66. The monoisotopic (exact) mass is 282 g/mol. The van der Waals surface area contributed by atoms with Crippen LogP contribution in [0.15, 0.2) is 12.4 Å². The molecule has 4 N–H and O–H groups in total. The summed E-state index contributed by atoms with van der Waals surface area (Å²) in [7, 11) is 0. The molecule has 112 valence electrons. The lowest BCUT2D eigenvalue weighted by atomic mass is 9.97. The van der Waals surface area contributed by atoms with Crippen LogP contribution in [0.25, 0.3) is 0 Å². The molecular formula is C13H22N4O3. The fourth-order valence-corrected chi connectivity index (χ4v) is 1.89. The third-order valence-corrected chi connectivity index (χ3v) is 2.98. The number of rotatable bonds is 7. The van der Waals surface area contributed by atoms with Crippen LogP contribution in [-0.2, 0) is 4.79 Å². The first-order valence-electron chi connectivity index (χ1n) is 6.66. The topological polar surface area (TPSA) is 107 Å². The van der Waals surface area contributed by atoms with E-state index < -0.39 is 11.9 Å². The van der Waals surface area contributed by atoms with E-state index in [4.69, 9.17) is 5.11 Å². The molecular weight excluding hydrogens is 260 g/mol. The minimum Gasteiger partial charge on any atom is -0.481 e. The molecule has 1 aromatic heterocycles. The number of amides is 2. The Morgan fingerprint density at radius 3 is 2.60 bits per heavy atom. The Bertz CT molecular complexity index is 431. The number of nitrogens with zero attached hydrogens (tertiary/aromatic N) is 1. The SMILES string of the molecule is CC(C)CC(CNC(=O)NC(C)c1cn[nH]c1)C(=O)O. The maximum Gasteiger partial charge on any atom is 0.315 e. The highest BCUT2D eigenvalue weighted by Crippen LogP contribution is 2.11. The first kappa shape index (κ1) is 16.0. The molecule has 2 atom stereocenters. The molecule has 2 unspecified atom stereocenters. The van der Waals surface area contributed by atoms with E-state index in [-0.39, 0.29) is 24.5 Å². The normalized spacial score (nSPS) is 13.8. The van der Waals surface area contributed by atoms with Gasteiger partial charge in [0.25, 0.3) is 0 Å². The van der Waals surface area contributed by atoms with Gasteiger partial charge in [0.05, 0.1) is 18.2 Å². The third kappa shape index (κ3) is 5.29. The van der Waals surface area contributed by atoms with Gasteiger partial charge >= 0.3 is 12.0 Å². The molecule has 20 heavy (non-hydrogen) atoms. The fourth-order valence-electron chi connectivity index (χ4n) is 1.89. The number of aromatic nitrogens is 2. The summed E-state index contributed by atoms with van der Waals surface area (Å²) in [5.74, 6) is -1.18. The minimum absolute atomic E-state index is 0.122. The number of aromatic amines is 1. The molecule has 1 heterocycles. The zero-order valence-corrected chi connectivity index (χ0v) is 12.0. The molecule has 0 saturated heterocycles. The van der Waals surface area contributed by atoms with Crippen LogP contribution >= 0.6 is 0 Å². The summed E-state index contributed by atoms with van der Waals surface area (Å²) >= 11 is 0. The lowest BCUT2D eigenvalue weighted by Gasteiger charge is -2.17. The molecule has 1 rings (SSSR count). The molecule has 0 radical (unpaired) electrons. The number of carboxylic acid groups (broad SMARTS) is 1. The number of carboxylic acids is 1. The van der Waals surface area contributed by atoms with Crippen LogP contribution in [0.4, 0.5) is 4.79 Å². The van der Waals surface area contributed by atoms with E-state index in [9.17, 15) is 9.59 Å². The number of aliphatic carboxylic acids is 1. The van der Waals surface area contributed by atoms with E-state index in [1.807, 2.05) is 20.8 Å². The largest absolute Gasteiger partial charge is 0.481 e. The van der Waals surface area contributed by atoms with E-state index >= 15 is 0 Å². The molecule has 0 spiro atoms. The minimum atomic E-state index is -0.887. The second kappa shape index (κ2) is 7.52. The van der Waals surface area contributed by atoms with Crippen LogP contribution in [0.1, 0.15) is 38.8 Å². The van der Waals surface area contributed by atoms with E-state index in [0.717, 1.165) is 5.56 Å². The van der Waals surface area contributed by atoms with Crippen LogP contribution < -0.4 is 10.6 Å². The molecule has 0 aliphatic carbocycles. The fraction of sp³-hybridized carbons (Fsp3) is 0.615. The van der Waals surface area contributed by atoms with Crippen LogP contribution in [-0.4, -0.2) is 33.8 Å². The van der Waals surface area contributed by atoms with Gasteiger partial charge in [0, 0.05) is 18.3 Å². The maximum absolute atomic E-state index is 11.7. The number of hydrogen-bond acceptors (Lipinski definition) is 3. The second-order valence-electron chi connectivity index (χ2n) is 5.27. The van der Waals surface area contributed by atoms with Gasteiger partial charge in [-0.2, -0.15) is 5.10 Å². The Morgan fingerprint density at radius 2 is 2.10 bits per heavy atom. The van der Waals surface area contributed by atoms with Gasteiger partial charge in [0.15, 0.2) is 0 Å². The van der Waals surface area contributed by atoms with Crippen molar-refractivity contribution < 1.29 is 14.7 Å². The third-order valence-electron chi connectivity index (χ3n) is 2.98. The number of urea groups is 1. The number of carbonyl (C=O) groups excluding carboxylic acids is 1. The van der Waals surface area contributed by atoms with E-state index in [1.54, 1.807) is 12.4 Å². The lowest BCUT2D eigenvalue weighted by Crippen LogP contribution is -2.41. The summed E-state index contributed by atoms with van der Waals surface area (Å²) in [5.41, 5.74) is 0.858. The van der Waals surface area contributed by atoms with Crippen molar-refractivity contribution in [3.8, 4) is 0 Å². The highest BCUT2D eigenvalue weighted by molar-refractivity contribution is 5.76. The zero-order valence-electron chi connectivity index (χ0n) is 12.0. The number of H-pyrrole nitrogens is 1. The van der Waals surface area contributed by atoms with Crippen LogP contribution in [0.2, 0.25) is 0 Å². The highest BCUT2D eigenvalue weighted by Gasteiger charge is 2.20. The van der Waals surface area contributed by atoms with Crippen molar-refractivity contribution in [3.63, 3.8) is 0 Å². The van der Waals surface area contributed by atoms with Crippen molar-refractivity contribution in [3.05, 3.63) is 18.0 Å². The molecule has 1 aromatic rings. The molecule has 7 nitrogen and oxygen atoms in total. The predicted molar refractivity (Wildman–Crippen MR) is 74.1 cm³/mol. The average Bonchev–Trinajstić information content (AvgIpc) is 2.87. The Kier molecular flexibility index (Phi) is 6.02.